The molecular formula is C9H10Cl2N2O. The number of ether oxygens (including phenoxy) is 1. The Labute approximate surface area is 92.4 Å². The van der Waals surface area contributed by atoms with Crippen LogP contribution >= 0.6 is 23.2 Å². The Kier molecular flexibility index (Phi) is 2.56. The maximum Gasteiger partial charge on any atom is 0.147 e. The van der Waals surface area contributed by atoms with Gasteiger partial charge in [-0.05, 0) is 6.92 Å². The minimum absolute atomic E-state index is 0.140. The Hall–Kier alpha value is -0.510. The highest BCUT2D eigenvalue weighted by molar-refractivity contribution is 6.41. The Morgan fingerprint density at radius 1 is 1.50 bits per heavy atom. The zero-order valence-electron chi connectivity index (χ0n) is 7.68. The van der Waals surface area contributed by atoms with E-state index in [4.69, 9.17) is 27.9 Å². The minimum Gasteiger partial charge on any atom is -0.483 e. The van der Waals surface area contributed by atoms with Gasteiger partial charge in [0.2, 0.25) is 0 Å². The quantitative estimate of drug-likeness (QED) is 0.794. The van der Waals surface area contributed by atoms with Gasteiger partial charge in [-0.25, -0.2) is 4.98 Å². The fourth-order valence-corrected chi connectivity index (χ4v) is 1.55. The van der Waals surface area contributed by atoms with Gasteiger partial charge in [-0.1, -0.05) is 23.2 Å². The summed E-state index contributed by atoms with van der Waals surface area (Å²) >= 11 is 11.5. The maximum atomic E-state index is 5.81. The minimum atomic E-state index is -0.140. The van der Waals surface area contributed by atoms with E-state index >= 15 is 0 Å². The first-order valence-corrected chi connectivity index (χ1v) is 5.05. The van der Waals surface area contributed by atoms with E-state index in [0.29, 0.717) is 15.9 Å². The summed E-state index contributed by atoms with van der Waals surface area (Å²) in [5, 5.41) is 3.86. The van der Waals surface area contributed by atoms with E-state index in [1.807, 2.05) is 6.92 Å². The molecule has 76 valence electrons. The summed E-state index contributed by atoms with van der Waals surface area (Å²) in [6.07, 6.45) is 1.58. The van der Waals surface area contributed by atoms with Crippen LogP contribution in [0.4, 0.5) is 0 Å². The fraction of sp³-hybridized carbons (Fsp3) is 0.444. The van der Waals surface area contributed by atoms with Crippen LogP contribution in [0.5, 0.6) is 5.75 Å². The molecule has 0 amide bonds. The highest BCUT2D eigenvalue weighted by atomic mass is 35.5. The summed E-state index contributed by atoms with van der Waals surface area (Å²) in [7, 11) is 0. The zero-order valence-corrected chi connectivity index (χ0v) is 9.19. The molecule has 1 N–H and O–H groups in total. The van der Waals surface area contributed by atoms with Crippen molar-refractivity contribution in [2.24, 2.45) is 0 Å². The van der Waals surface area contributed by atoms with E-state index in [9.17, 15) is 0 Å². The van der Waals surface area contributed by atoms with Crippen LogP contribution in [0.3, 0.4) is 0 Å². The fourth-order valence-electron chi connectivity index (χ4n) is 1.29. The number of halogens is 2. The lowest BCUT2D eigenvalue weighted by Gasteiger charge is -2.39. The molecule has 0 unspecified atom stereocenters. The molecule has 0 radical (unpaired) electrons. The molecule has 0 atom stereocenters. The molecule has 1 aromatic rings. The Morgan fingerprint density at radius 3 is 2.71 bits per heavy atom. The van der Waals surface area contributed by atoms with E-state index in [1.54, 1.807) is 12.3 Å². The van der Waals surface area contributed by atoms with Crippen LogP contribution < -0.4 is 10.1 Å². The first-order valence-electron chi connectivity index (χ1n) is 4.30. The molecule has 2 heterocycles. The number of aromatic nitrogens is 1. The average Bonchev–Trinajstić information content (AvgIpc) is 2.09. The van der Waals surface area contributed by atoms with Crippen LogP contribution in [0.2, 0.25) is 10.2 Å². The third kappa shape index (κ3) is 1.95. The smallest absolute Gasteiger partial charge is 0.147 e. The third-order valence-corrected chi connectivity index (χ3v) is 2.82. The molecule has 1 fully saturated rings. The van der Waals surface area contributed by atoms with E-state index in [1.165, 1.54) is 0 Å². The molecule has 0 bridgehead atoms. The SMILES string of the molecule is CC1(Oc2cnc(Cl)c(Cl)c2)CNC1. The van der Waals surface area contributed by atoms with Crippen molar-refractivity contribution in [2.75, 3.05) is 13.1 Å². The molecule has 14 heavy (non-hydrogen) atoms. The summed E-state index contributed by atoms with van der Waals surface area (Å²) in [5.74, 6) is 0.656. The van der Waals surface area contributed by atoms with Gasteiger partial charge in [-0.15, -0.1) is 0 Å². The lowest BCUT2D eigenvalue weighted by Crippen LogP contribution is -2.61. The van der Waals surface area contributed by atoms with Crippen molar-refractivity contribution in [3.05, 3.63) is 22.4 Å². The first kappa shape index (κ1) is 10.0. The number of nitrogens with one attached hydrogen (secondary N) is 1. The molecular weight excluding hydrogens is 223 g/mol. The summed E-state index contributed by atoms with van der Waals surface area (Å²) in [6.45, 7) is 3.71. The largest absolute Gasteiger partial charge is 0.483 e. The van der Waals surface area contributed by atoms with Gasteiger partial charge in [0.1, 0.15) is 16.5 Å². The maximum absolute atomic E-state index is 5.81. The van der Waals surface area contributed by atoms with Crippen molar-refractivity contribution in [3.63, 3.8) is 0 Å². The van der Waals surface area contributed by atoms with Crippen molar-refractivity contribution in [1.29, 1.82) is 0 Å². The predicted molar refractivity (Wildman–Crippen MR) is 56.2 cm³/mol. The number of hydrogen-bond donors (Lipinski definition) is 1. The molecule has 1 saturated heterocycles. The van der Waals surface area contributed by atoms with E-state index in [-0.39, 0.29) is 5.60 Å². The monoisotopic (exact) mass is 232 g/mol. The highest BCUT2D eigenvalue weighted by Gasteiger charge is 2.33. The van der Waals surface area contributed by atoms with Gasteiger partial charge in [0, 0.05) is 19.2 Å². The molecule has 1 aliphatic rings. The molecule has 3 nitrogen and oxygen atoms in total. The molecule has 1 aliphatic heterocycles. The van der Waals surface area contributed by atoms with Crippen LogP contribution in [0.15, 0.2) is 12.3 Å². The second-order valence-electron chi connectivity index (χ2n) is 3.60. The normalized spacial score (nSPS) is 18.8. The Morgan fingerprint density at radius 2 is 2.21 bits per heavy atom. The average molecular weight is 233 g/mol. The second-order valence-corrected chi connectivity index (χ2v) is 4.36. The lowest BCUT2D eigenvalue weighted by atomic mass is 10.0. The summed E-state index contributed by atoms with van der Waals surface area (Å²) in [6, 6.07) is 1.68. The molecule has 2 rings (SSSR count). The number of nitrogens with zero attached hydrogens (tertiary/aromatic N) is 1. The Balaban J connectivity index is 2.13. The van der Waals surface area contributed by atoms with Gasteiger partial charge in [-0.3, -0.25) is 0 Å². The van der Waals surface area contributed by atoms with Crippen molar-refractivity contribution < 1.29 is 4.74 Å². The third-order valence-electron chi connectivity index (χ3n) is 2.13. The summed E-state index contributed by atoms with van der Waals surface area (Å²) < 4.78 is 5.71. The number of hydrogen-bond acceptors (Lipinski definition) is 3. The van der Waals surface area contributed by atoms with E-state index in [0.717, 1.165) is 13.1 Å². The van der Waals surface area contributed by atoms with Gasteiger partial charge >= 0.3 is 0 Å². The van der Waals surface area contributed by atoms with Gasteiger partial charge < -0.3 is 10.1 Å². The zero-order chi connectivity index (χ0) is 10.2. The van der Waals surface area contributed by atoms with Crippen LogP contribution in [0.25, 0.3) is 0 Å². The molecule has 1 aromatic heterocycles. The van der Waals surface area contributed by atoms with E-state index in [2.05, 4.69) is 10.3 Å². The summed E-state index contributed by atoms with van der Waals surface area (Å²) in [5.41, 5.74) is -0.140. The summed E-state index contributed by atoms with van der Waals surface area (Å²) in [4.78, 5) is 3.91. The van der Waals surface area contributed by atoms with Gasteiger partial charge in [0.05, 0.1) is 11.2 Å². The molecule has 0 aromatic carbocycles. The van der Waals surface area contributed by atoms with Crippen LogP contribution in [-0.4, -0.2) is 23.7 Å². The topological polar surface area (TPSA) is 34.1 Å². The van der Waals surface area contributed by atoms with Crippen molar-refractivity contribution >= 4 is 23.2 Å². The van der Waals surface area contributed by atoms with Gasteiger partial charge in [-0.2, -0.15) is 0 Å². The van der Waals surface area contributed by atoms with Crippen molar-refractivity contribution in [3.8, 4) is 5.75 Å². The van der Waals surface area contributed by atoms with Gasteiger partial charge in [0.25, 0.3) is 0 Å². The lowest BCUT2D eigenvalue weighted by molar-refractivity contribution is 0.0345. The van der Waals surface area contributed by atoms with Crippen molar-refractivity contribution in [2.45, 2.75) is 12.5 Å². The van der Waals surface area contributed by atoms with E-state index < -0.39 is 0 Å². The van der Waals surface area contributed by atoms with Crippen LogP contribution in [0, 0.1) is 0 Å². The van der Waals surface area contributed by atoms with Crippen LogP contribution in [-0.2, 0) is 0 Å². The standard InChI is InChI=1S/C9H10Cl2N2O/c1-9(4-12-5-9)14-6-2-7(10)8(11)13-3-6/h2-3,12H,4-5H2,1H3. The second kappa shape index (κ2) is 3.57. The highest BCUT2D eigenvalue weighted by Crippen LogP contribution is 2.27. The first-order chi connectivity index (χ1) is 6.59. The van der Waals surface area contributed by atoms with Gasteiger partial charge in [0.15, 0.2) is 0 Å². The predicted octanol–water partition coefficient (Wildman–Crippen LogP) is 2.13. The molecule has 0 saturated carbocycles. The van der Waals surface area contributed by atoms with Crippen molar-refractivity contribution in [1.82, 2.24) is 10.3 Å². The number of rotatable bonds is 2. The van der Waals surface area contributed by atoms with Crippen LogP contribution in [0.1, 0.15) is 6.92 Å². The molecule has 0 aliphatic carbocycles. The molecule has 5 heteroatoms. The molecule has 0 spiro atoms. The Bertz CT molecular complexity index is 353. The number of pyridine rings is 1.